The molecule has 0 spiro atoms. The van der Waals surface area contributed by atoms with Crippen molar-refractivity contribution >= 4 is 54.1 Å². The van der Waals surface area contributed by atoms with Gasteiger partial charge in [0.2, 0.25) is 5.91 Å². The van der Waals surface area contributed by atoms with Gasteiger partial charge in [-0.15, -0.1) is 11.3 Å². The topological polar surface area (TPSA) is 76.9 Å². The number of nitrogens with one attached hydrogen (secondary N) is 1. The predicted molar refractivity (Wildman–Crippen MR) is 132 cm³/mol. The van der Waals surface area contributed by atoms with E-state index in [0.29, 0.717) is 16.4 Å². The van der Waals surface area contributed by atoms with E-state index in [4.69, 9.17) is 0 Å². The van der Waals surface area contributed by atoms with Gasteiger partial charge in [-0.3, -0.25) is 14.2 Å². The molecule has 0 fully saturated rings. The lowest BCUT2D eigenvalue weighted by atomic mass is 9.72. The van der Waals surface area contributed by atoms with Crippen molar-refractivity contribution in [2.24, 2.45) is 11.3 Å². The summed E-state index contributed by atoms with van der Waals surface area (Å²) >= 11 is 3.06. The van der Waals surface area contributed by atoms with E-state index >= 15 is 0 Å². The summed E-state index contributed by atoms with van der Waals surface area (Å²) in [4.78, 5) is 37.4. The third-order valence-corrected chi connectivity index (χ3v) is 8.65. The SMILES string of the molecule is CC(C(=O)Nc1nc2ccccc2s1)n1cnc2sc3c(c2c1=O)CCC(C(C)(C)C)C3. The van der Waals surface area contributed by atoms with Crippen LogP contribution in [0.5, 0.6) is 0 Å². The summed E-state index contributed by atoms with van der Waals surface area (Å²) in [5.41, 5.74) is 2.10. The summed E-state index contributed by atoms with van der Waals surface area (Å²) in [5.74, 6) is 0.327. The molecule has 3 heterocycles. The summed E-state index contributed by atoms with van der Waals surface area (Å²) in [6, 6.07) is 7.06. The smallest absolute Gasteiger partial charge is 0.263 e. The minimum absolute atomic E-state index is 0.131. The maximum atomic E-state index is 13.4. The van der Waals surface area contributed by atoms with E-state index in [1.807, 2.05) is 24.3 Å². The molecule has 0 aliphatic heterocycles. The lowest BCUT2D eigenvalue weighted by Gasteiger charge is -2.33. The highest BCUT2D eigenvalue weighted by Crippen LogP contribution is 2.42. The maximum Gasteiger partial charge on any atom is 0.263 e. The molecule has 8 heteroatoms. The summed E-state index contributed by atoms with van der Waals surface area (Å²) in [5, 5.41) is 4.09. The zero-order valence-corrected chi connectivity index (χ0v) is 20.3. The first-order valence-corrected chi connectivity index (χ1v) is 12.5. The van der Waals surface area contributed by atoms with Crippen LogP contribution in [0.3, 0.4) is 0 Å². The number of rotatable bonds is 3. The number of hydrogen-bond acceptors (Lipinski definition) is 6. The number of aromatic nitrogens is 3. The highest BCUT2D eigenvalue weighted by Gasteiger charge is 2.32. The normalized spacial score (nSPS) is 17.4. The summed E-state index contributed by atoms with van der Waals surface area (Å²) in [6.45, 7) is 8.58. The van der Waals surface area contributed by atoms with Crippen molar-refractivity contribution in [2.45, 2.75) is 53.0 Å². The third kappa shape index (κ3) is 3.65. The third-order valence-electron chi connectivity index (χ3n) is 6.54. The van der Waals surface area contributed by atoms with Gasteiger partial charge in [0.25, 0.3) is 5.56 Å². The van der Waals surface area contributed by atoms with Crippen molar-refractivity contribution in [3.05, 3.63) is 51.4 Å². The maximum absolute atomic E-state index is 13.4. The first kappa shape index (κ1) is 21.3. The number of amides is 1. The second-order valence-corrected chi connectivity index (χ2v) is 11.7. The van der Waals surface area contributed by atoms with Crippen LogP contribution < -0.4 is 10.9 Å². The molecule has 0 saturated carbocycles. The van der Waals surface area contributed by atoms with E-state index in [-0.39, 0.29) is 16.9 Å². The standard InChI is InChI=1S/C24H26N4O2S2/c1-13(20(29)27-23-26-16-7-5-6-8-17(16)32-23)28-12-25-21-19(22(28)30)15-10-9-14(24(2,3)4)11-18(15)31-21/h5-8,12-14H,9-11H2,1-4H3,(H,26,27,29). The molecule has 3 aromatic heterocycles. The van der Waals surface area contributed by atoms with Gasteiger partial charge >= 0.3 is 0 Å². The largest absolute Gasteiger partial charge is 0.300 e. The molecule has 1 aromatic carbocycles. The van der Waals surface area contributed by atoms with E-state index in [9.17, 15) is 9.59 Å². The van der Waals surface area contributed by atoms with Crippen LogP contribution in [-0.2, 0) is 17.6 Å². The molecule has 1 N–H and O–H groups in total. The Labute approximate surface area is 194 Å². The van der Waals surface area contributed by atoms with Crippen LogP contribution in [0.2, 0.25) is 0 Å². The van der Waals surface area contributed by atoms with Crippen molar-refractivity contribution < 1.29 is 4.79 Å². The van der Waals surface area contributed by atoms with Crippen molar-refractivity contribution in [1.29, 1.82) is 0 Å². The Morgan fingerprint density at radius 1 is 1.25 bits per heavy atom. The van der Waals surface area contributed by atoms with Crippen LogP contribution in [0.1, 0.15) is 50.6 Å². The zero-order valence-electron chi connectivity index (χ0n) is 18.6. The van der Waals surface area contributed by atoms with Gasteiger partial charge < -0.3 is 5.32 Å². The van der Waals surface area contributed by atoms with Gasteiger partial charge in [0, 0.05) is 4.88 Å². The van der Waals surface area contributed by atoms with E-state index in [1.165, 1.54) is 27.1 Å². The molecule has 166 valence electrons. The van der Waals surface area contributed by atoms with E-state index in [2.05, 4.69) is 36.1 Å². The summed E-state index contributed by atoms with van der Waals surface area (Å²) in [6.07, 6.45) is 4.47. The zero-order chi connectivity index (χ0) is 22.6. The number of nitrogens with zero attached hydrogens (tertiary/aromatic N) is 3. The van der Waals surface area contributed by atoms with Gasteiger partial charge in [0.05, 0.1) is 21.9 Å². The van der Waals surface area contributed by atoms with Crippen LogP contribution in [0.15, 0.2) is 35.4 Å². The Morgan fingerprint density at radius 3 is 2.78 bits per heavy atom. The molecule has 2 unspecified atom stereocenters. The fraction of sp³-hybridized carbons (Fsp3) is 0.417. The number of benzene rings is 1. The molecular formula is C24H26N4O2S2. The van der Waals surface area contributed by atoms with Crippen LogP contribution in [-0.4, -0.2) is 20.4 Å². The van der Waals surface area contributed by atoms with E-state index in [0.717, 1.165) is 39.9 Å². The number of aryl methyl sites for hydroxylation is 1. The number of fused-ring (bicyclic) bond motifs is 4. The van der Waals surface area contributed by atoms with Crippen molar-refractivity contribution in [1.82, 2.24) is 14.5 Å². The second kappa shape index (κ2) is 7.78. The molecule has 1 amide bonds. The molecule has 1 aliphatic carbocycles. The number of hydrogen-bond donors (Lipinski definition) is 1. The van der Waals surface area contributed by atoms with Gasteiger partial charge in [-0.05, 0) is 55.2 Å². The van der Waals surface area contributed by atoms with Gasteiger partial charge in [-0.2, -0.15) is 0 Å². The van der Waals surface area contributed by atoms with Crippen molar-refractivity contribution in [2.75, 3.05) is 5.32 Å². The summed E-state index contributed by atoms with van der Waals surface area (Å²) in [7, 11) is 0. The molecule has 0 saturated heterocycles. The average molecular weight is 467 g/mol. The minimum Gasteiger partial charge on any atom is -0.300 e. The lowest BCUT2D eigenvalue weighted by Crippen LogP contribution is -2.32. The average Bonchev–Trinajstić information content (AvgIpc) is 3.33. The Balaban J connectivity index is 1.44. The molecule has 4 aromatic rings. The van der Waals surface area contributed by atoms with Gasteiger partial charge in [-0.1, -0.05) is 44.2 Å². The van der Waals surface area contributed by atoms with E-state index < -0.39 is 6.04 Å². The highest BCUT2D eigenvalue weighted by molar-refractivity contribution is 7.22. The fourth-order valence-electron chi connectivity index (χ4n) is 4.46. The predicted octanol–water partition coefficient (Wildman–Crippen LogP) is 5.42. The number of thiazole rings is 1. The molecule has 0 radical (unpaired) electrons. The van der Waals surface area contributed by atoms with Crippen LogP contribution in [0, 0.1) is 11.3 Å². The minimum atomic E-state index is -0.687. The number of thiophene rings is 1. The summed E-state index contributed by atoms with van der Waals surface area (Å²) < 4.78 is 2.46. The lowest BCUT2D eigenvalue weighted by molar-refractivity contribution is -0.118. The first-order valence-electron chi connectivity index (χ1n) is 10.9. The fourth-order valence-corrected chi connectivity index (χ4v) is 6.58. The molecule has 2 atom stereocenters. The Kier molecular flexibility index (Phi) is 5.17. The number of anilines is 1. The molecule has 32 heavy (non-hydrogen) atoms. The van der Waals surface area contributed by atoms with Gasteiger partial charge in [0.1, 0.15) is 10.9 Å². The van der Waals surface area contributed by atoms with Crippen molar-refractivity contribution in [3.8, 4) is 0 Å². The van der Waals surface area contributed by atoms with Crippen molar-refractivity contribution in [3.63, 3.8) is 0 Å². The van der Waals surface area contributed by atoms with Gasteiger partial charge in [-0.25, -0.2) is 9.97 Å². The first-order chi connectivity index (χ1) is 15.2. The van der Waals surface area contributed by atoms with Crippen LogP contribution >= 0.6 is 22.7 Å². The highest BCUT2D eigenvalue weighted by atomic mass is 32.1. The molecule has 1 aliphatic rings. The molecular weight excluding hydrogens is 440 g/mol. The van der Waals surface area contributed by atoms with Gasteiger partial charge in [0.15, 0.2) is 5.13 Å². The second-order valence-electron chi connectivity index (χ2n) is 9.60. The molecule has 0 bridgehead atoms. The van der Waals surface area contributed by atoms with Crippen LogP contribution in [0.4, 0.5) is 5.13 Å². The Bertz CT molecular complexity index is 1360. The number of carbonyl (C=O) groups is 1. The van der Waals surface area contributed by atoms with E-state index in [1.54, 1.807) is 18.3 Å². The molecule has 6 nitrogen and oxygen atoms in total. The quantitative estimate of drug-likeness (QED) is 0.437. The molecule has 5 rings (SSSR count). The Hall–Kier alpha value is -2.58. The number of carbonyl (C=O) groups excluding carboxylic acids is 1. The Morgan fingerprint density at radius 2 is 2.03 bits per heavy atom. The number of para-hydroxylation sites is 1. The van der Waals surface area contributed by atoms with Crippen LogP contribution in [0.25, 0.3) is 20.4 Å². The monoisotopic (exact) mass is 466 g/mol.